The van der Waals surface area contributed by atoms with Gasteiger partial charge in [0.25, 0.3) is 12.5 Å². The van der Waals surface area contributed by atoms with E-state index in [4.69, 9.17) is 11.3 Å². The molecule has 0 heterocycles. The second-order valence-electron chi connectivity index (χ2n) is 2.94. The molecule has 0 fully saturated rings. The molecule has 1 amide bonds. The van der Waals surface area contributed by atoms with Gasteiger partial charge in [-0.3, -0.25) is 4.79 Å². The number of nitrogens with one attached hydrogen (secondary N) is 1. The van der Waals surface area contributed by atoms with Crippen molar-refractivity contribution in [3.8, 4) is 5.75 Å². The summed E-state index contributed by atoms with van der Waals surface area (Å²) in [4.78, 5) is 14.0. The summed E-state index contributed by atoms with van der Waals surface area (Å²) in [5, 5.41) is 2.64. The molecule has 1 rings (SSSR count). The van der Waals surface area contributed by atoms with E-state index in [2.05, 4.69) is 10.2 Å². The molecule has 1 aromatic rings. The van der Waals surface area contributed by atoms with E-state index in [1.54, 1.807) is 7.11 Å². The molecule has 0 saturated heterocycles. The van der Waals surface area contributed by atoms with Crippen molar-refractivity contribution in [2.24, 2.45) is 0 Å². The number of ether oxygens (including phenoxy) is 1. The van der Waals surface area contributed by atoms with Crippen LogP contribution in [0.5, 0.6) is 5.75 Å². The summed E-state index contributed by atoms with van der Waals surface area (Å²) in [6, 6.07) is 7.40. The highest BCUT2D eigenvalue weighted by atomic mass is 16.5. The molecule has 0 radical (unpaired) electrons. The highest BCUT2D eigenvalue weighted by Crippen LogP contribution is 2.10. The Bertz CT molecular complexity index is 365. The van der Waals surface area contributed by atoms with E-state index >= 15 is 0 Å². The maximum Gasteiger partial charge on any atom is 0.300 e. The zero-order valence-electron chi connectivity index (χ0n) is 8.49. The summed E-state index contributed by atoms with van der Waals surface area (Å²) < 4.78 is 5.01. The van der Waals surface area contributed by atoms with E-state index in [-0.39, 0.29) is 12.5 Å². The van der Waals surface area contributed by atoms with Gasteiger partial charge in [0.15, 0.2) is 0 Å². The molecule has 0 saturated carbocycles. The number of methoxy groups -OCH3 is 1. The van der Waals surface area contributed by atoms with Crippen molar-refractivity contribution in [1.82, 2.24) is 5.32 Å². The molecular formula is C11H12N2O2. The number of hydrogen-bond acceptors (Lipinski definition) is 2. The third kappa shape index (κ3) is 3.69. The lowest BCUT2D eigenvalue weighted by atomic mass is 10.2. The summed E-state index contributed by atoms with van der Waals surface area (Å²) in [6.07, 6.45) is 0. The molecule has 15 heavy (non-hydrogen) atoms. The smallest absolute Gasteiger partial charge is 0.300 e. The van der Waals surface area contributed by atoms with Gasteiger partial charge in [0.2, 0.25) is 0 Å². The topological polar surface area (TPSA) is 42.7 Å². The first-order valence-corrected chi connectivity index (χ1v) is 4.49. The summed E-state index contributed by atoms with van der Waals surface area (Å²) in [5.41, 5.74) is 0.981. The predicted octanol–water partition coefficient (Wildman–Crippen LogP) is 1.23. The van der Waals surface area contributed by atoms with Crippen molar-refractivity contribution in [2.75, 3.05) is 13.7 Å². The van der Waals surface area contributed by atoms with Gasteiger partial charge in [0, 0.05) is 6.54 Å². The van der Waals surface area contributed by atoms with Crippen molar-refractivity contribution in [1.29, 1.82) is 0 Å². The quantitative estimate of drug-likeness (QED) is 0.749. The van der Waals surface area contributed by atoms with Gasteiger partial charge in [-0.2, -0.15) is 0 Å². The fourth-order valence-electron chi connectivity index (χ4n) is 1.07. The number of rotatable bonds is 4. The molecule has 78 valence electrons. The molecular weight excluding hydrogens is 192 g/mol. The standard InChI is InChI=1S/C11H12N2O2/c1-12-8-11(14)13-7-9-3-5-10(15-2)6-4-9/h3-6H,7-8H2,2H3,(H,13,14). The van der Waals surface area contributed by atoms with Crippen LogP contribution < -0.4 is 10.1 Å². The number of carbonyl (C=O) groups excluding carboxylic acids is 1. The van der Waals surface area contributed by atoms with Crippen molar-refractivity contribution in [3.63, 3.8) is 0 Å². The Hall–Kier alpha value is -2.02. The summed E-state index contributed by atoms with van der Waals surface area (Å²) in [5.74, 6) is 0.534. The molecule has 0 atom stereocenters. The van der Waals surface area contributed by atoms with Crippen LogP contribution in [-0.4, -0.2) is 19.6 Å². The second-order valence-corrected chi connectivity index (χ2v) is 2.94. The maximum absolute atomic E-state index is 11.0. The molecule has 0 unspecified atom stereocenters. The van der Waals surface area contributed by atoms with Crippen molar-refractivity contribution in [3.05, 3.63) is 41.2 Å². The highest BCUT2D eigenvalue weighted by Gasteiger charge is 2.02. The largest absolute Gasteiger partial charge is 0.497 e. The first-order chi connectivity index (χ1) is 7.26. The third-order valence-corrected chi connectivity index (χ3v) is 1.87. The van der Waals surface area contributed by atoms with Crippen LogP contribution in [0.3, 0.4) is 0 Å². The van der Waals surface area contributed by atoms with E-state index in [1.165, 1.54) is 0 Å². The zero-order valence-corrected chi connectivity index (χ0v) is 8.49. The Morgan fingerprint density at radius 1 is 1.47 bits per heavy atom. The fourth-order valence-corrected chi connectivity index (χ4v) is 1.07. The monoisotopic (exact) mass is 204 g/mol. The van der Waals surface area contributed by atoms with Gasteiger partial charge in [-0.05, 0) is 17.7 Å². The minimum absolute atomic E-state index is 0.115. The van der Waals surface area contributed by atoms with Crippen LogP contribution in [0.1, 0.15) is 5.56 Å². The molecule has 0 aromatic heterocycles. The third-order valence-electron chi connectivity index (χ3n) is 1.87. The van der Waals surface area contributed by atoms with Crippen LogP contribution in [0.15, 0.2) is 24.3 Å². The van der Waals surface area contributed by atoms with Crippen LogP contribution in [0, 0.1) is 6.57 Å². The minimum atomic E-state index is -0.249. The Balaban J connectivity index is 2.45. The first kappa shape index (κ1) is 11.1. The van der Waals surface area contributed by atoms with Crippen LogP contribution in [0.4, 0.5) is 0 Å². The van der Waals surface area contributed by atoms with Gasteiger partial charge in [-0.15, -0.1) is 0 Å². The van der Waals surface area contributed by atoms with Crippen molar-refractivity contribution in [2.45, 2.75) is 6.54 Å². The Labute approximate surface area is 88.7 Å². The highest BCUT2D eigenvalue weighted by molar-refractivity contribution is 5.79. The maximum atomic E-state index is 11.0. The number of benzene rings is 1. The van der Waals surface area contributed by atoms with E-state index in [0.717, 1.165) is 11.3 Å². The molecule has 4 nitrogen and oxygen atoms in total. The van der Waals surface area contributed by atoms with Crippen LogP contribution in [-0.2, 0) is 11.3 Å². The fraction of sp³-hybridized carbons (Fsp3) is 0.273. The zero-order chi connectivity index (χ0) is 11.1. The summed E-state index contributed by atoms with van der Waals surface area (Å²) >= 11 is 0. The molecule has 0 spiro atoms. The van der Waals surface area contributed by atoms with Gasteiger partial charge >= 0.3 is 0 Å². The van der Waals surface area contributed by atoms with Gasteiger partial charge in [-0.1, -0.05) is 12.1 Å². The average Bonchev–Trinajstić information content (AvgIpc) is 2.27. The van der Waals surface area contributed by atoms with Gasteiger partial charge < -0.3 is 14.9 Å². The van der Waals surface area contributed by atoms with E-state index in [9.17, 15) is 4.79 Å². The van der Waals surface area contributed by atoms with Crippen LogP contribution >= 0.6 is 0 Å². The van der Waals surface area contributed by atoms with E-state index in [1.807, 2.05) is 24.3 Å². The Morgan fingerprint density at radius 3 is 2.67 bits per heavy atom. The van der Waals surface area contributed by atoms with Gasteiger partial charge in [0.1, 0.15) is 5.75 Å². The molecule has 0 aliphatic rings. The normalized spacial score (nSPS) is 9.07. The minimum Gasteiger partial charge on any atom is -0.497 e. The van der Waals surface area contributed by atoms with Crippen molar-refractivity contribution < 1.29 is 9.53 Å². The second kappa shape index (κ2) is 5.66. The average molecular weight is 204 g/mol. The summed E-state index contributed by atoms with van der Waals surface area (Å²) in [7, 11) is 1.60. The first-order valence-electron chi connectivity index (χ1n) is 4.49. The van der Waals surface area contributed by atoms with Crippen molar-refractivity contribution >= 4 is 5.91 Å². The van der Waals surface area contributed by atoms with Crippen LogP contribution in [0.2, 0.25) is 0 Å². The molecule has 1 N–H and O–H groups in total. The molecule has 1 aromatic carbocycles. The van der Waals surface area contributed by atoms with Crippen LogP contribution in [0.25, 0.3) is 4.85 Å². The lowest BCUT2D eigenvalue weighted by Crippen LogP contribution is -2.24. The predicted molar refractivity (Wildman–Crippen MR) is 56.3 cm³/mol. The Morgan fingerprint density at radius 2 is 2.13 bits per heavy atom. The molecule has 0 bridgehead atoms. The van der Waals surface area contributed by atoms with E-state index < -0.39 is 0 Å². The number of nitrogens with zero attached hydrogens (tertiary/aromatic N) is 1. The van der Waals surface area contributed by atoms with Gasteiger partial charge in [0.05, 0.1) is 7.11 Å². The molecule has 0 aliphatic carbocycles. The lowest BCUT2D eigenvalue weighted by Gasteiger charge is -2.03. The van der Waals surface area contributed by atoms with Gasteiger partial charge in [-0.25, -0.2) is 6.57 Å². The summed E-state index contributed by atoms with van der Waals surface area (Å²) in [6.45, 7) is 6.84. The van der Waals surface area contributed by atoms with E-state index in [0.29, 0.717) is 6.54 Å². The number of carbonyl (C=O) groups is 1. The molecule has 0 aliphatic heterocycles. The number of hydrogen-bond donors (Lipinski definition) is 1. The SMILES string of the molecule is [C-]#[N+]CC(=O)NCc1ccc(OC)cc1. The lowest BCUT2D eigenvalue weighted by molar-refractivity contribution is -0.119. The Kier molecular flexibility index (Phi) is 4.17. The number of amides is 1. The molecule has 4 heteroatoms.